The highest BCUT2D eigenvalue weighted by Gasteiger charge is 2.11. The van der Waals surface area contributed by atoms with Gasteiger partial charge in [-0.25, -0.2) is 9.59 Å². The summed E-state index contributed by atoms with van der Waals surface area (Å²) < 4.78 is 8.37. The quantitative estimate of drug-likeness (QED) is 0.326. The maximum atomic E-state index is 9.86. The number of nitrogens with zero attached hydrogens (tertiary/aromatic N) is 1. The molecule has 9 heteroatoms. The summed E-state index contributed by atoms with van der Waals surface area (Å²) in [7, 11) is 0. The summed E-state index contributed by atoms with van der Waals surface area (Å²) in [4.78, 5) is 21.8. The molecule has 0 aliphatic carbocycles. The third-order valence-electron chi connectivity index (χ3n) is 3.74. The predicted octanol–water partition coefficient (Wildman–Crippen LogP) is 6.30. The molecule has 0 bridgehead atoms. The van der Waals surface area contributed by atoms with Crippen LogP contribution < -0.4 is 4.90 Å². The highest BCUT2D eigenvalue weighted by atomic mass is 35.5. The maximum Gasteiger partial charge on any atom is 0.403 e. The van der Waals surface area contributed by atoms with E-state index in [1.807, 2.05) is 54.6 Å². The molecule has 0 spiro atoms. The standard InChI is InChI=1S/C18H15NO2.C4H4Cl2O4/c20-17-10-6-15(7-11-17)19(14-4-2-1-3-5-14)16-8-12-18(21)13-9-16;5-3(7)9-1-2-10-4(6)8/h1-13,20-21H;1-2H2. The van der Waals surface area contributed by atoms with Gasteiger partial charge >= 0.3 is 10.9 Å². The van der Waals surface area contributed by atoms with E-state index in [9.17, 15) is 19.8 Å². The molecule has 0 unspecified atom stereocenters. The first-order chi connectivity index (χ1) is 14.9. The summed E-state index contributed by atoms with van der Waals surface area (Å²) in [5.74, 6) is 0.468. The van der Waals surface area contributed by atoms with E-state index in [0.29, 0.717) is 0 Å². The SMILES string of the molecule is O=C(Cl)OCCOC(=O)Cl.Oc1ccc(N(c2ccccc2)c2ccc(O)cc2)cc1. The van der Waals surface area contributed by atoms with Crippen molar-refractivity contribution in [1.29, 1.82) is 0 Å². The van der Waals surface area contributed by atoms with E-state index < -0.39 is 10.9 Å². The molecule has 7 nitrogen and oxygen atoms in total. The van der Waals surface area contributed by atoms with Gasteiger partial charge in [0.25, 0.3) is 0 Å². The van der Waals surface area contributed by atoms with Gasteiger partial charge in [-0.05, 0) is 60.7 Å². The number of aromatic hydroxyl groups is 2. The zero-order valence-electron chi connectivity index (χ0n) is 16.2. The van der Waals surface area contributed by atoms with Crippen molar-refractivity contribution < 1.29 is 29.3 Å². The Morgan fingerprint density at radius 1 is 0.645 bits per heavy atom. The van der Waals surface area contributed by atoms with Crippen LogP contribution in [0, 0.1) is 0 Å². The lowest BCUT2D eigenvalue weighted by Crippen LogP contribution is -2.09. The van der Waals surface area contributed by atoms with Crippen molar-refractivity contribution in [2.75, 3.05) is 18.1 Å². The molecule has 0 aliphatic rings. The summed E-state index contributed by atoms with van der Waals surface area (Å²) in [5.41, 5.74) is 1.000. The number of ether oxygens (including phenoxy) is 2. The summed E-state index contributed by atoms with van der Waals surface area (Å²) in [6.07, 6.45) is 0. The smallest absolute Gasteiger partial charge is 0.403 e. The molecule has 0 amide bonds. The second-order valence-electron chi connectivity index (χ2n) is 5.88. The number of phenols is 2. The fraction of sp³-hybridized carbons (Fsp3) is 0.0909. The Kier molecular flexibility index (Phi) is 9.48. The van der Waals surface area contributed by atoms with E-state index in [-0.39, 0.29) is 24.7 Å². The van der Waals surface area contributed by atoms with Gasteiger partial charge in [0, 0.05) is 40.3 Å². The van der Waals surface area contributed by atoms with Crippen molar-refractivity contribution in [3.8, 4) is 11.5 Å². The van der Waals surface area contributed by atoms with Crippen LogP contribution >= 0.6 is 23.2 Å². The monoisotopic (exact) mass is 463 g/mol. The van der Waals surface area contributed by atoms with E-state index in [1.54, 1.807) is 24.3 Å². The Bertz CT molecular complexity index is 904. The van der Waals surface area contributed by atoms with Crippen molar-refractivity contribution >= 4 is 51.1 Å². The lowest BCUT2D eigenvalue weighted by Gasteiger charge is -2.25. The minimum atomic E-state index is -0.939. The molecule has 0 aromatic heterocycles. The number of anilines is 3. The van der Waals surface area contributed by atoms with Gasteiger partial charge in [0.15, 0.2) is 0 Å². The van der Waals surface area contributed by atoms with Crippen molar-refractivity contribution in [2.24, 2.45) is 0 Å². The van der Waals surface area contributed by atoms with Gasteiger partial charge in [-0.2, -0.15) is 0 Å². The Morgan fingerprint density at radius 3 is 1.35 bits per heavy atom. The van der Waals surface area contributed by atoms with E-state index in [0.717, 1.165) is 17.1 Å². The van der Waals surface area contributed by atoms with Crippen LogP contribution in [-0.4, -0.2) is 34.3 Å². The van der Waals surface area contributed by atoms with Crippen molar-refractivity contribution in [2.45, 2.75) is 0 Å². The van der Waals surface area contributed by atoms with Crippen LogP contribution in [0.25, 0.3) is 0 Å². The average Bonchev–Trinajstić information content (AvgIpc) is 2.75. The van der Waals surface area contributed by atoms with Gasteiger partial charge in [-0.3, -0.25) is 0 Å². The molecule has 162 valence electrons. The minimum absolute atomic E-state index is 0.0825. The number of halogens is 2. The topological polar surface area (TPSA) is 96.3 Å². The van der Waals surface area contributed by atoms with Crippen LogP contribution in [0.2, 0.25) is 0 Å². The molecule has 0 atom stereocenters. The average molecular weight is 464 g/mol. The molecule has 0 aliphatic heterocycles. The summed E-state index contributed by atoms with van der Waals surface area (Å²) in [5, 5.41) is 18.9. The van der Waals surface area contributed by atoms with Gasteiger partial charge in [-0.1, -0.05) is 18.2 Å². The molecule has 0 fully saturated rings. The largest absolute Gasteiger partial charge is 0.508 e. The molecular weight excluding hydrogens is 445 g/mol. The maximum absolute atomic E-state index is 9.86. The second-order valence-corrected chi connectivity index (χ2v) is 6.49. The number of para-hydroxylation sites is 1. The minimum Gasteiger partial charge on any atom is -0.508 e. The number of hydrogen-bond donors (Lipinski definition) is 2. The van der Waals surface area contributed by atoms with Gasteiger partial charge in [0.1, 0.15) is 24.7 Å². The summed E-state index contributed by atoms with van der Waals surface area (Å²) >= 11 is 9.52. The van der Waals surface area contributed by atoms with E-state index >= 15 is 0 Å². The first-order valence-electron chi connectivity index (χ1n) is 8.94. The molecule has 31 heavy (non-hydrogen) atoms. The molecule has 3 rings (SSSR count). The highest BCUT2D eigenvalue weighted by Crippen LogP contribution is 2.35. The first-order valence-corrected chi connectivity index (χ1v) is 9.70. The van der Waals surface area contributed by atoms with E-state index in [4.69, 9.17) is 23.2 Å². The second kappa shape index (κ2) is 12.3. The molecular formula is C22H19Cl2NO6. The van der Waals surface area contributed by atoms with Gasteiger partial charge in [0.05, 0.1) is 0 Å². The predicted molar refractivity (Wildman–Crippen MR) is 119 cm³/mol. The van der Waals surface area contributed by atoms with Crippen LogP contribution in [0.15, 0.2) is 78.9 Å². The fourth-order valence-corrected chi connectivity index (χ4v) is 2.63. The van der Waals surface area contributed by atoms with Crippen LogP contribution in [0.1, 0.15) is 0 Å². The molecule has 2 N–H and O–H groups in total. The zero-order chi connectivity index (χ0) is 22.6. The molecule has 0 saturated carbocycles. The lowest BCUT2D eigenvalue weighted by atomic mass is 10.2. The van der Waals surface area contributed by atoms with Gasteiger partial charge in [0.2, 0.25) is 0 Å². The molecule has 0 saturated heterocycles. The Hall–Kier alpha value is -3.42. The van der Waals surface area contributed by atoms with Gasteiger partial charge < -0.3 is 24.6 Å². The lowest BCUT2D eigenvalue weighted by molar-refractivity contribution is 0.121. The van der Waals surface area contributed by atoms with Crippen molar-refractivity contribution in [3.05, 3.63) is 78.9 Å². The molecule has 3 aromatic carbocycles. The Morgan fingerprint density at radius 2 is 1.00 bits per heavy atom. The normalized spacial score (nSPS) is 9.74. The number of phenolic OH excluding ortho intramolecular Hbond substituents is 2. The number of hydrogen-bond acceptors (Lipinski definition) is 7. The zero-order valence-corrected chi connectivity index (χ0v) is 17.7. The third kappa shape index (κ3) is 8.46. The number of rotatable bonds is 6. The molecule has 0 radical (unpaired) electrons. The summed E-state index contributed by atoms with van der Waals surface area (Å²) in [6.45, 7) is -0.165. The fourth-order valence-electron chi connectivity index (χ4n) is 2.47. The summed E-state index contributed by atoms with van der Waals surface area (Å²) in [6, 6.07) is 24.0. The van der Waals surface area contributed by atoms with Crippen LogP contribution in [-0.2, 0) is 9.47 Å². The van der Waals surface area contributed by atoms with E-state index in [2.05, 4.69) is 14.4 Å². The number of benzene rings is 3. The van der Waals surface area contributed by atoms with E-state index in [1.165, 1.54) is 0 Å². The molecule has 0 heterocycles. The Balaban J connectivity index is 0.000000291. The van der Waals surface area contributed by atoms with Crippen LogP contribution in [0.5, 0.6) is 11.5 Å². The van der Waals surface area contributed by atoms with Crippen molar-refractivity contribution in [3.63, 3.8) is 0 Å². The number of carbonyl (C=O) groups excluding carboxylic acids is 2. The highest BCUT2D eigenvalue weighted by molar-refractivity contribution is 6.61. The first kappa shape index (κ1) is 23.9. The number of carbonyl (C=O) groups is 2. The van der Waals surface area contributed by atoms with Crippen LogP contribution in [0.4, 0.5) is 26.7 Å². The van der Waals surface area contributed by atoms with Gasteiger partial charge in [-0.15, -0.1) is 0 Å². The van der Waals surface area contributed by atoms with Crippen LogP contribution in [0.3, 0.4) is 0 Å². The van der Waals surface area contributed by atoms with Crippen molar-refractivity contribution in [1.82, 2.24) is 0 Å². The third-order valence-corrected chi connectivity index (χ3v) is 3.96. The molecule has 3 aromatic rings. The Labute approximate surface area is 189 Å².